The van der Waals surface area contributed by atoms with Crippen molar-refractivity contribution in [1.29, 1.82) is 5.26 Å². The Morgan fingerprint density at radius 3 is 2.47 bits per heavy atom. The minimum absolute atomic E-state index is 0.256. The van der Waals surface area contributed by atoms with Gasteiger partial charge in [0.1, 0.15) is 0 Å². The van der Waals surface area contributed by atoms with Crippen LogP contribution in [0.1, 0.15) is 21.5 Å². The zero-order valence-corrected chi connectivity index (χ0v) is 11.9. The standard InChI is InChI=1S/C10H4BrF3INO/c11-3-8(17)9-5(4-16)1-6(15)2-7(9)10(12,13)14/h1-2H,3H2. The van der Waals surface area contributed by atoms with Gasteiger partial charge >= 0.3 is 6.18 Å². The van der Waals surface area contributed by atoms with Gasteiger partial charge in [0.25, 0.3) is 0 Å². The number of rotatable bonds is 2. The summed E-state index contributed by atoms with van der Waals surface area (Å²) in [5, 5.41) is 8.53. The molecule has 0 aliphatic rings. The molecule has 0 aliphatic heterocycles. The maximum Gasteiger partial charge on any atom is 0.417 e. The van der Waals surface area contributed by atoms with Crippen LogP contribution >= 0.6 is 38.5 Å². The second kappa shape index (κ2) is 5.35. The molecule has 0 unspecified atom stereocenters. The van der Waals surface area contributed by atoms with Crippen molar-refractivity contribution in [2.75, 3.05) is 5.33 Å². The van der Waals surface area contributed by atoms with Crippen LogP contribution in [0.2, 0.25) is 0 Å². The van der Waals surface area contributed by atoms with Gasteiger partial charge in [-0.05, 0) is 34.7 Å². The Labute approximate surface area is 117 Å². The van der Waals surface area contributed by atoms with Crippen LogP contribution in [0.4, 0.5) is 13.2 Å². The highest BCUT2D eigenvalue weighted by molar-refractivity contribution is 14.1. The summed E-state index contributed by atoms with van der Waals surface area (Å²) < 4.78 is 38.5. The Morgan fingerprint density at radius 2 is 2.06 bits per heavy atom. The summed E-state index contributed by atoms with van der Waals surface area (Å²) in [5.41, 5.74) is -1.89. The molecule has 90 valence electrons. The van der Waals surface area contributed by atoms with Crippen LogP contribution in [0.15, 0.2) is 12.1 Å². The van der Waals surface area contributed by atoms with Gasteiger partial charge in [-0.1, -0.05) is 15.9 Å². The molecule has 1 aromatic rings. The van der Waals surface area contributed by atoms with E-state index in [1.165, 1.54) is 6.07 Å². The van der Waals surface area contributed by atoms with Gasteiger partial charge in [0.05, 0.1) is 22.5 Å². The lowest BCUT2D eigenvalue weighted by Gasteiger charge is -2.13. The number of carbonyl (C=O) groups is 1. The van der Waals surface area contributed by atoms with Crippen LogP contribution in [-0.4, -0.2) is 11.1 Å². The summed E-state index contributed by atoms with van der Waals surface area (Å²) >= 11 is 4.48. The van der Waals surface area contributed by atoms with Gasteiger partial charge in [0.2, 0.25) is 0 Å². The molecule has 0 saturated heterocycles. The molecule has 2 nitrogen and oxygen atoms in total. The van der Waals surface area contributed by atoms with E-state index in [0.29, 0.717) is 0 Å². The van der Waals surface area contributed by atoms with Crippen molar-refractivity contribution in [1.82, 2.24) is 0 Å². The first kappa shape index (κ1) is 14.4. The second-order valence-electron chi connectivity index (χ2n) is 3.04. The molecule has 1 aromatic carbocycles. The van der Waals surface area contributed by atoms with Gasteiger partial charge in [-0.2, -0.15) is 18.4 Å². The quantitative estimate of drug-likeness (QED) is 0.417. The van der Waals surface area contributed by atoms with Crippen molar-refractivity contribution in [3.05, 3.63) is 32.4 Å². The van der Waals surface area contributed by atoms with E-state index in [0.717, 1.165) is 6.07 Å². The Kier molecular flexibility index (Phi) is 4.55. The normalized spacial score (nSPS) is 11.1. The number of alkyl halides is 4. The molecule has 0 aromatic heterocycles. The Balaban J connectivity index is 3.63. The fraction of sp³-hybridized carbons (Fsp3) is 0.200. The molecule has 1 rings (SSSR count). The fourth-order valence-electron chi connectivity index (χ4n) is 1.29. The maximum atomic E-state index is 12.8. The molecule has 0 spiro atoms. The van der Waals surface area contributed by atoms with Crippen LogP contribution in [0.5, 0.6) is 0 Å². The SMILES string of the molecule is N#Cc1cc(I)cc(C(F)(F)F)c1C(=O)CBr. The Bertz CT molecular complexity index is 507. The van der Waals surface area contributed by atoms with Gasteiger partial charge < -0.3 is 0 Å². The van der Waals surface area contributed by atoms with Crippen molar-refractivity contribution in [3.63, 3.8) is 0 Å². The van der Waals surface area contributed by atoms with Gasteiger partial charge in [-0.15, -0.1) is 0 Å². The molecule has 0 N–H and O–H groups in total. The van der Waals surface area contributed by atoms with E-state index in [4.69, 9.17) is 5.26 Å². The molecular formula is C10H4BrF3INO. The molecule has 0 atom stereocenters. The molecular weight excluding hydrogens is 414 g/mol. The molecule has 0 heterocycles. The third kappa shape index (κ3) is 3.19. The summed E-state index contributed by atoms with van der Waals surface area (Å²) in [5.74, 6) is -0.759. The number of carbonyl (C=O) groups excluding carboxylic acids is 1. The lowest BCUT2D eigenvalue weighted by Crippen LogP contribution is -2.16. The zero-order chi connectivity index (χ0) is 13.2. The summed E-state index contributed by atoms with van der Waals surface area (Å²) in [4.78, 5) is 11.5. The average Bonchev–Trinajstić information content (AvgIpc) is 2.25. The first-order chi connectivity index (χ1) is 7.81. The number of hydrogen-bond acceptors (Lipinski definition) is 2. The Hall–Kier alpha value is -0.620. The van der Waals surface area contributed by atoms with Crippen molar-refractivity contribution in [2.24, 2.45) is 0 Å². The number of Topliss-reactive ketones (excluding diaryl/α,β-unsaturated/α-hetero) is 1. The third-order valence-corrected chi connectivity index (χ3v) is 3.06. The monoisotopic (exact) mass is 417 g/mol. The first-order valence-corrected chi connectivity index (χ1v) is 6.41. The molecule has 0 aliphatic carbocycles. The van der Waals surface area contributed by atoms with Crippen LogP contribution in [0.25, 0.3) is 0 Å². The lowest BCUT2D eigenvalue weighted by atomic mass is 9.98. The molecule has 7 heteroatoms. The smallest absolute Gasteiger partial charge is 0.293 e. The van der Waals surface area contributed by atoms with E-state index in [2.05, 4.69) is 15.9 Å². The van der Waals surface area contributed by atoms with Crippen molar-refractivity contribution < 1.29 is 18.0 Å². The van der Waals surface area contributed by atoms with Crippen molar-refractivity contribution in [2.45, 2.75) is 6.18 Å². The van der Waals surface area contributed by atoms with Crippen LogP contribution in [0.3, 0.4) is 0 Å². The predicted molar refractivity (Wildman–Crippen MR) is 67.0 cm³/mol. The van der Waals surface area contributed by atoms with Crippen LogP contribution in [0, 0.1) is 14.9 Å². The van der Waals surface area contributed by atoms with Crippen molar-refractivity contribution >= 4 is 44.3 Å². The molecule has 0 fully saturated rings. The highest BCUT2D eigenvalue weighted by Gasteiger charge is 2.36. The van der Waals surface area contributed by atoms with Crippen LogP contribution < -0.4 is 0 Å². The minimum atomic E-state index is -4.65. The van der Waals surface area contributed by atoms with Gasteiger partial charge in [0, 0.05) is 9.13 Å². The molecule has 0 bridgehead atoms. The highest BCUT2D eigenvalue weighted by atomic mass is 127. The maximum absolute atomic E-state index is 12.8. The summed E-state index contributed by atoms with van der Waals surface area (Å²) in [6, 6.07) is 3.73. The molecule has 0 saturated carbocycles. The number of ketones is 1. The lowest BCUT2D eigenvalue weighted by molar-refractivity contribution is -0.138. The van der Waals surface area contributed by atoms with E-state index in [9.17, 15) is 18.0 Å². The number of nitrogens with zero attached hydrogens (tertiary/aromatic N) is 1. The van der Waals surface area contributed by atoms with Crippen LogP contribution in [-0.2, 0) is 6.18 Å². The van der Waals surface area contributed by atoms with Crippen molar-refractivity contribution in [3.8, 4) is 6.07 Å². The summed E-state index contributed by atoms with van der Waals surface area (Å²) in [7, 11) is 0. The van der Waals surface area contributed by atoms with Gasteiger partial charge in [-0.3, -0.25) is 4.79 Å². The summed E-state index contributed by atoms with van der Waals surface area (Å²) in [6.07, 6.45) is -4.65. The van der Waals surface area contributed by atoms with E-state index in [-0.39, 0.29) is 14.5 Å². The average molecular weight is 418 g/mol. The largest absolute Gasteiger partial charge is 0.417 e. The topological polar surface area (TPSA) is 40.9 Å². The zero-order valence-electron chi connectivity index (χ0n) is 8.11. The van der Waals surface area contributed by atoms with E-state index >= 15 is 0 Å². The fourth-order valence-corrected chi connectivity index (χ4v) is 2.19. The highest BCUT2D eigenvalue weighted by Crippen LogP contribution is 2.35. The number of halogens is 5. The van der Waals surface area contributed by atoms with Gasteiger partial charge in [-0.25, -0.2) is 0 Å². The molecule has 0 amide bonds. The number of nitriles is 1. The summed E-state index contributed by atoms with van der Waals surface area (Å²) in [6.45, 7) is 0. The minimum Gasteiger partial charge on any atom is -0.293 e. The number of hydrogen-bond donors (Lipinski definition) is 0. The molecule has 0 radical (unpaired) electrons. The third-order valence-electron chi connectivity index (χ3n) is 1.93. The predicted octanol–water partition coefficient (Wildman–Crippen LogP) is 3.76. The molecule has 17 heavy (non-hydrogen) atoms. The van der Waals surface area contributed by atoms with E-state index < -0.39 is 23.1 Å². The second-order valence-corrected chi connectivity index (χ2v) is 4.85. The Morgan fingerprint density at radius 1 is 1.47 bits per heavy atom. The first-order valence-electron chi connectivity index (χ1n) is 4.21. The number of benzene rings is 1. The van der Waals surface area contributed by atoms with E-state index in [1.54, 1.807) is 28.7 Å². The van der Waals surface area contributed by atoms with E-state index in [1.807, 2.05) is 0 Å². The van der Waals surface area contributed by atoms with Gasteiger partial charge in [0.15, 0.2) is 5.78 Å².